The number of nitrogens with one attached hydrogen (secondary N) is 1. The second kappa shape index (κ2) is 7.71. The first kappa shape index (κ1) is 18.0. The third-order valence-corrected chi connectivity index (χ3v) is 4.47. The number of hydrogen-bond acceptors (Lipinski definition) is 3. The van der Waals surface area contributed by atoms with Crippen LogP contribution in [0.2, 0.25) is 5.02 Å². The van der Waals surface area contributed by atoms with E-state index in [1.807, 2.05) is 43.3 Å². The Kier molecular flexibility index (Phi) is 4.96. The molecule has 28 heavy (non-hydrogen) atoms. The first-order valence-electron chi connectivity index (χ1n) is 8.79. The van der Waals surface area contributed by atoms with E-state index in [9.17, 15) is 4.79 Å². The lowest BCUT2D eigenvalue weighted by atomic mass is 10.1. The summed E-state index contributed by atoms with van der Waals surface area (Å²) >= 11 is 6.03. The molecule has 4 nitrogen and oxygen atoms in total. The van der Waals surface area contributed by atoms with Gasteiger partial charge >= 0.3 is 0 Å². The molecular formula is C23H17ClN2O2. The van der Waals surface area contributed by atoms with Gasteiger partial charge in [-0.3, -0.25) is 4.79 Å². The molecule has 5 heteroatoms. The van der Waals surface area contributed by atoms with Crippen molar-refractivity contribution in [2.24, 2.45) is 0 Å². The fraction of sp³-hybridized carbons (Fsp3) is 0.0435. The highest BCUT2D eigenvalue weighted by Crippen LogP contribution is 2.27. The van der Waals surface area contributed by atoms with Crippen molar-refractivity contribution >= 4 is 40.4 Å². The maximum Gasteiger partial charge on any atom is 0.248 e. The molecule has 3 aromatic carbocycles. The average molecular weight is 389 g/mol. The Hall–Kier alpha value is -3.37. The highest BCUT2D eigenvalue weighted by molar-refractivity contribution is 6.30. The van der Waals surface area contributed by atoms with Gasteiger partial charge in [0.05, 0.1) is 0 Å². The first-order valence-corrected chi connectivity index (χ1v) is 9.17. The Morgan fingerprint density at radius 3 is 2.68 bits per heavy atom. The summed E-state index contributed by atoms with van der Waals surface area (Å²) in [7, 11) is 0. The highest BCUT2D eigenvalue weighted by atomic mass is 35.5. The Bertz CT molecular complexity index is 1180. The summed E-state index contributed by atoms with van der Waals surface area (Å²) in [5, 5.41) is 3.46. The number of fused-ring (bicyclic) bond motifs is 1. The monoisotopic (exact) mass is 388 g/mol. The Morgan fingerprint density at radius 2 is 1.89 bits per heavy atom. The Labute approximate surface area is 167 Å². The van der Waals surface area contributed by atoms with E-state index in [1.54, 1.807) is 36.4 Å². The van der Waals surface area contributed by atoms with Gasteiger partial charge in [0.2, 0.25) is 11.8 Å². The minimum absolute atomic E-state index is 0.210. The fourth-order valence-electron chi connectivity index (χ4n) is 2.78. The van der Waals surface area contributed by atoms with Crippen LogP contribution in [0.1, 0.15) is 11.1 Å². The van der Waals surface area contributed by atoms with Crippen LogP contribution in [0.4, 0.5) is 5.69 Å². The fourth-order valence-corrected chi connectivity index (χ4v) is 2.97. The second-order valence-electron chi connectivity index (χ2n) is 6.45. The number of amides is 1. The molecule has 0 radical (unpaired) electrons. The van der Waals surface area contributed by atoms with Gasteiger partial charge in [-0.1, -0.05) is 47.5 Å². The van der Waals surface area contributed by atoms with Crippen LogP contribution in [-0.2, 0) is 4.79 Å². The molecule has 1 amide bonds. The Morgan fingerprint density at radius 1 is 1.07 bits per heavy atom. The van der Waals surface area contributed by atoms with Crippen molar-refractivity contribution in [2.75, 3.05) is 5.32 Å². The molecule has 1 N–H and O–H groups in total. The molecule has 1 heterocycles. The van der Waals surface area contributed by atoms with Gasteiger partial charge in [0, 0.05) is 22.3 Å². The van der Waals surface area contributed by atoms with E-state index in [2.05, 4.69) is 10.3 Å². The molecule has 4 rings (SSSR count). The topological polar surface area (TPSA) is 55.1 Å². The lowest BCUT2D eigenvalue weighted by molar-refractivity contribution is -0.111. The third-order valence-electron chi connectivity index (χ3n) is 4.23. The zero-order chi connectivity index (χ0) is 19.5. The number of carbonyl (C=O) groups excluding carboxylic acids is 1. The lowest BCUT2D eigenvalue weighted by Crippen LogP contribution is -2.07. The second-order valence-corrected chi connectivity index (χ2v) is 6.88. The van der Waals surface area contributed by atoms with Crippen LogP contribution in [0.25, 0.3) is 28.6 Å². The van der Waals surface area contributed by atoms with Gasteiger partial charge in [0.25, 0.3) is 0 Å². The molecule has 0 fully saturated rings. The highest BCUT2D eigenvalue weighted by Gasteiger charge is 2.10. The summed E-state index contributed by atoms with van der Waals surface area (Å²) in [4.78, 5) is 16.7. The van der Waals surface area contributed by atoms with Crippen LogP contribution < -0.4 is 5.32 Å². The van der Waals surface area contributed by atoms with Crippen molar-refractivity contribution in [2.45, 2.75) is 6.92 Å². The third kappa shape index (κ3) is 4.13. The van der Waals surface area contributed by atoms with Crippen LogP contribution in [0.3, 0.4) is 0 Å². The summed E-state index contributed by atoms with van der Waals surface area (Å²) in [5.41, 5.74) is 4.91. The molecule has 0 aliphatic carbocycles. The number of rotatable bonds is 4. The molecule has 0 saturated heterocycles. The van der Waals surface area contributed by atoms with Crippen molar-refractivity contribution < 1.29 is 9.21 Å². The molecular weight excluding hydrogens is 372 g/mol. The SMILES string of the molecule is Cc1ccc(/C=C/C(=O)Nc2ccc3oc(-c4cccc(Cl)c4)nc3c2)cc1. The van der Waals surface area contributed by atoms with E-state index < -0.39 is 0 Å². The minimum Gasteiger partial charge on any atom is -0.436 e. The largest absolute Gasteiger partial charge is 0.436 e. The maximum atomic E-state index is 12.2. The molecule has 0 unspecified atom stereocenters. The molecule has 0 aliphatic heterocycles. The predicted octanol–water partition coefficient (Wildman–Crippen LogP) is 6.11. The average Bonchev–Trinajstić information content (AvgIpc) is 3.11. The lowest BCUT2D eigenvalue weighted by Gasteiger charge is -2.01. The quantitative estimate of drug-likeness (QED) is 0.429. The molecule has 4 aromatic rings. The molecule has 138 valence electrons. The summed E-state index contributed by atoms with van der Waals surface area (Å²) < 4.78 is 5.79. The molecule has 0 aliphatic rings. The van der Waals surface area contributed by atoms with E-state index in [4.69, 9.17) is 16.0 Å². The molecule has 0 saturated carbocycles. The van der Waals surface area contributed by atoms with Gasteiger partial charge in [-0.15, -0.1) is 0 Å². The summed E-state index contributed by atoms with van der Waals surface area (Å²) in [6.07, 6.45) is 3.29. The van der Waals surface area contributed by atoms with E-state index in [1.165, 1.54) is 11.6 Å². The van der Waals surface area contributed by atoms with Crippen LogP contribution in [-0.4, -0.2) is 10.9 Å². The van der Waals surface area contributed by atoms with Crippen LogP contribution in [0.5, 0.6) is 0 Å². The number of nitrogens with zero attached hydrogens (tertiary/aromatic N) is 1. The standard InChI is InChI=1S/C23H17ClN2O2/c1-15-5-7-16(8-6-15)9-12-22(27)25-19-10-11-21-20(14-19)26-23(28-21)17-3-2-4-18(24)13-17/h2-14H,1H3,(H,25,27)/b12-9+. The number of benzene rings is 3. The Balaban J connectivity index is 1.51. The van der Waals surface area contributed by atoms with E-state index in [0.717, 1.165) is 11.1 Å². The van der Waals surface area contributed by atoms with Crippen LogP contribution in [0, 0.1) is 6.92 Å². The molecule has 0 atom stereocenters. The molecule has 0 spiro atoms. The predicted molar refractivity (Wildman–Crippen MR) is 113 cm³/mol. The van der Waals surface area contributed by atoms with E-state index >= 15 is 0 Å². The maximum absolute atomic E-state index is 12.2. The molecule has 0 bridgehead atoms. The van der Waals surface area contributed by atoms with Gasteiger partial charge in [-0.25, -0.2) is 4.98 Å². The number of anilines is 1. The first-order chi connectivity index (χ1) is 13.6. The normalized spacial score (nSPS) is 11.2. The number of aryl methyl sites for hydroxylation is 1. The van der Waals surface area contributed by atoms with Crippen molar-refractivity contribution in [3.8, 4) is 11.5 Å². The van der Waals surface area contributed by atoms with E-state index in [0.29, 0.717) is 27.7 Å². The van der Waals surface area contributed by atoms with Gasteiger partial charge in [-0.05, 0) is 55.0 Å². The minimum atomic E-state index is -0.210. The number of hydrogen-bond donors (Lipinski definition) is 1. The summed E-state index contributed by atoms with van der Waals surface area (Å²) in [6.45, 7) is 2.03. The number of oxazole rings is 1. The zero-order valence-corrected chi connectivity index (χ0v) is 15.9. The van der Waals surface area contributed by atoms with E-state index in [-0.39, 0.29) is 5.91 Å². The van der Waals surface area contributed by atoms with Crippen molar-refractivity contribution in [3.63, 3.8) is 0 Å². The number of aromatic nitrogens is 1. The van der Waals surface area contributed by atoms with Crippen molar-refractivity contribution in [1.29, 1.82) is 0 Å². The van der Waals surface area contributed by atoms with Crippen LogP contribution >= 0.6 is 11.6 Å². The summed E-state index contributed by atoms with van der Waals surface area (Å²) in [5.74, 6) is 0.277. The van der Waals surface area contributed by atoms with Gasteiger partial charge < -0.3 is 9.73 Å². The van der Waals surface area contributed by atoms with Crippen molar-refractivity contribution in [1.82, 2.24) is 4.98 Å². The van der Waals surface area contributed by atoms with Gasteiger partial charge in [-0.2, -0.15) is 0 Å². The zero-order valence-electron chi connectivity index (χ0n) is 15.1. The smallest absolute Gasteiger partial charge is 0.248 e. The number of halogens is 1. The van der Waals surface area contributed by atoms with Crippen molar-refractivity contribution in [3.05, 3.63) is 89.0 Å². The number of carbonyl (C=O) groups is 1. The van der Waals surface area contributed by atoms with Gasteiger partial charge in [0.15, 0.2) is 5.58 Å². The summed E-state index contributed by atoms with van der Waals surface area (Å²) in [6, 6.07) is 20.6. The van der Waals surface area contributed by atoms with Gasteiger partial charge in [0.1, 0.15) is 5.52 Å². The van der Waals surface area contributed by atoms with Crippen LogP contribution in [0.15, 0.2) is 77.2 Å². The molecule has 1 aromatic heterocycles.